The van der Waals surface area contributed by atoms with E-state index in [2.05, 4.69) is 26.8 Å². The molecule has 0 bridgehead atoms. The van der Waals surface area contributed by atoms with Crippen LogP contribution in [0.15, 0.2) is 11.6 Å². The van der Waals surface area contributed by atoms with Crippen molar-refractivity contribution in [2.45, 2.75) is 47.5 Å². The summed E-state index contributed by atoms with van der Waals surface area (Å²) in [6.45, 7) is 9.92. The topological polar surface area (TPSA) is 17.1 Å². The SMILES string of the molecule is CCC(C)(CC=C(C)C)C(C)=O. The van der Waals surface area contributed by atoms with Gasteiger partial charge in [0.1, 0.15) is 5.78 Å². The van der Waals surface area contributed by atoms with E-state index in [1.54, 1.807) is 6.92 Å². The fourth-order valence-electron chi connectivity index (χ4n) is 0.966. The normalized spacial score (nSPS) is 15.1. The van der Waals surface area contributed by atoms with Crippen molar-refractivity contribution in [3.8, 4) is 0 Å². The molecule has 0 fully saturated rings. The third-order valence-electron chi connectivity index (χ3n) is 2.59. The first kappa shape index (κ1) is 11.4. The molecule has 0 aliphatic rings. The summed E-state index contributed by atoms with van der Waals surface area (Å²) < 4.78 is 0. The largest absolute Gasteiger partial charge is 0.299 e. The average molecular weight is 168 g/mol. The second kappa shape index (κ2) is 4.44. The molecule has 0 aliphatic carbocycles. The molecule has 1 nitrogen and oxygen atoms in total. The quantitative estimate of drug-likeness (QED) is 0.588. The van der Waals surface area contributed by atoms with Gasteiger partial charge in [-0.25, -0.2) is 0 Å². The van der Waals surface area contributed by atoms with Gasteiger partial charge in [0.05, 0.1) is 0 Å². The number of allylic oxidation sites excluding steroid dienone is 2. The molecule has 0 heterocycles. The number of hydrogen-bond acceptors (Lipinski definition) is 1. The molecule has 1 atom stereocenters. The van der Waals surface area contributed by atoms with E-state index < -0.39 is 0 Å². The third-order valence-corrected chi connectivity index (χ3v) is 2.59. The van der Waals surface area contributed by atoms with Crippen LogP contribution in [0.3, 0.4) is 0 Å². The molecule has 0 saturated carbocycles. The van der Waals surface area contributed by atoms with Crippen LogP contribution >= 0.6 is 0 Å². The molecule has 0 spiro atoms. The molecule has 0 N–H and O–H groups in total. The summed E-state index contributed by atoms with van der Waals surface area (Å²) in [7, 11) is 0. The summed E-state index contributed by atoms with van der Waals surface area (Å²) in [6.07, 6.45) is 3.94. The van der Waals surface area contributed by atoms with E-state index in [0.717, 1.165) is 12.8 Å². The van der Waals surface area contributed by atoms with Crippen molar-refractivity contribution in [1.29, 1.82) is 0 Å². The van der Waals surface area contributed by atoms with Crippen molar-refractivity contribution in [1.82, 2.24) is 0 Å². The number of ketones is 1. The minimum absolute atomic E-state index is 0.142. The van der Waals surface area contributed by atoms with Gasteiger partial charge in [0.2, 0.25) is 0 Å². The Morgan fingerprint density at radius 3 is 2.08 bits per heavy atom. The number of carbonyl (C=O) groups is 1. The minimum Gasteiger partial charge on any atom is -0.299 e. The van der Waals surface area contributed by atoms with Gasteiger partial charge in [-0.15, -0.1) is 0 Å². The molecule has 0 saturated heterocycles. The van der Waals surface area contributed by atoms with Crippen LogP contribution < -0.4 is 0 Å². The Kier molecular flexibility index (Phi) is 4.22. The van der Waals surface area contributed by atoms with Crippen molar-refractivity contribution in [3.05, 3.63) is 11.6 Å². The van der Waals surface area contributed by atoms with Crippen LogP contribution in [0.4, 0.5) is 0 Å². The van der Waals surface area contributed by atoms with Crippen molar-refractivity contribution in [2.24, 2.45) is 5.41 Å². The highest BCUT2D eigenvalue weighted by atomic mass is 16.1. The molecule has 0 aliphatic heterocycles. The molecule has 0 amide bonds. The summed E-state index contributed by atoms with van der Waals surface area (Å²) in [5.74, 6) is 0.294. The lowest BCUT2D eigenvalue weighted by Gasteiger charge is -2.23. The highest BCUT2D eigenvalue weighted by Crippen LogP contribution is 2.27. The van der Waals surface area contributed by atoms with Crippen LogP contribution in [0.25, 0.3) is 0 Å². The van der Waals surface area contributed by atoms with Crippen LogP contribution in [-0.2, 0) is 4.79 Å². The summed E-state index contributed by atoms with van der Waals surface area (Å²) in [5.41, 5.74) is 1.15. The van der Waals surface area contributed by atoms with E-state index in [-0.39, 0.29) is 5.41 Å². The first-order valence-corrected chi connectivity index (χ1v) is 4.57. The Morgan fingerprint density at radius 1 is 1.33 bits per heavy atom. The summed E-state index contributed by atoms with van der Waals surface area (Å²) >= 11 is 0. The van der Waals surface area contributed by atoms with Gasteiger partial charge in [0, 0.05) is 5.41 Å². The molecule has 0 rings (SSSR count). The Morgan fingerprint density at radius 2 is 1.83 bits per heavy atom. The highest BCUT2D eigenvalue weighted by Gasteiger charge is 2.25. The van der Waals surface area contributed by atoms with Crippen LogP contribution in [0.2, 0.25) is 0 Å². The van der Waals surface area contributed by atoms with E-state index in [9.17, 15) is 4.79 Å². The monoisotopic (exact) mass is 168 g/mol. The Hall–Kier alpha value is -0.590. The first-order chi connectivity index (χ1) is 5.42. The third kappa shape index (κ3) is 3.21. The lowest BCUT2D eigenvalue weighted by molar-refractivity contribution is -0.125. The first-order valence-electron chi connectivity index (χ1n) is 4.57. The zero-order valence-corrected chi connectivity index (χ0v) is 8.90. The van der Waals surface area contributed by atoms with E-state index in [4.69, 9.17) is 0 Å². The molecule has 0 aromatic rings. The van der Waals surface area contributed by atoms with E-state index in [1.807, 2.05) is 6.92 Å². The molecule has 1 heteroatoms. The van der Waals surface area contributed by atoms with Crippen LogP contribution in [0, 0.1) is 5.41 Å². The maximum atomic E-state index is 11.3. The van der Waals surface area contributed by atoms with E-state index in [0.29, 0.717) is 5.78 Å². The number of rotatable bonds is 4. The molecular weight excluding hydrogens is 148 g/mol. The van der Waals surface area contributed by atoms with Crippen LogP contribution in [-0.4, -0.2) is 5.78 Å². The standard InChI is InChI=1S/C11H20O/c1-6-11(5,10(4)12)8-7-9(2)3/h7H,6,8H2,1-5H3. The molecule has 0 radical (unpaired) electrons. The average Bonchev–Trinajstić information content (AvgIpc) is 1.99. The van der Waals surface area contributed by atoms with Crippen molar-refractivity contribution < 1.29 is 4.79 Å². The zero-order valence-electron chi connectivity index (χ0n) is 8.90. The number of Topliss-reactive ketones (excluding diaryl/α,β-unsaturated/α-hetero) is 1. The summed E-state index contributed by atoms with van der Waals surface area (Å²) in [4.78, 5) is 11.3. The lowest BCUT2D eigenvalue weighted by atomic mass is 9.80. The number of carbonyl (C=O) groups excluding carboxylic acids is 1. The number of hydrogen-bond donors (Lipinski definition) is 0. The van der Waals surface area contributed by atoms with Gasteiger partial charge >= 0.3 is 0 Å². The van der Waals surface area contributed by atoms with Crippen molar-refractivity contribution in [3.63, 3.8) is 0 Å². The lowest BCUT2D eigenvalue weighted by Crippen LogP contribution is -2.23. The van der Waals surface area contributed by atoms with Gasteiger partial charge in [0.15, 0.2) is 0 Å². The maximum absolute atomic E-state index is 11.3. The van der Waals surface area contributed by atoms with Gasteiger partial charge in [-0.2, -0.15) is 0 Å². The van der Waals surface area contributed by atoms with E-state index in [1.165, 1.54) is 5.57 Å². The maximum Gasteiger partial charge on any atom is 0.135 e. The van der Waals surface area contributed by atoms with Gasteiger partial charge in [-0.3, -0.25) is 4.79 Å². The molecular formula is C11H20O. The van der Waals surface area contributed by atoms with Crippen LogP contribution in [0.5, 0.6) is 0 Å². The van der Waals surface area contributed by atoms with Gasteiger partial charge in [-0.05, 0) is 33.6 Å². The molecule has 12 heavy (non-hydrogen) atoms. The fourth-order valence-corrected chi connectivity index (χ4v) is 0.966. The van der Waals surface area contributed by atoms with E-state index >= 15 is 0 Å². The second-order valence-electron chi connectivity index (χ2n) is 3.96. The Labute approximate surface area is 75.9 Å². The Bertz CT molecular complexity index is 187. The minimum atomic E-state index is -0.142. The van der Waals surface area contributed by atoms with Gasteiger partial charge < -0.3 is 0 Å². The molecule has 0 aromatic heterocycles. The second-order valence-corrected chi connectivity index (χ2v) is 3.96. The van der Waals surface area contributed by atoms with Crippen molar-refractivity contribution >= 4 is 5.78 Å². The predicted octanol–water partition coefficient (Wildman–Crippen LogP) is 3.35. The predicted molar refractivity (Wildman–Crippen MR) is 53.1 cm³/mol. The Balaban J connectivity index is 4.35. The summed E-state index contributed by atoms with van der Waals surface area (Å²) in [6, 6.07) is 0. The van der Waals surface area contributed by atoms with Crippen molar-refractivity contribution in [2.75, 3.05) is 0 Å². The smallest absolute Gasteiger partial charge is 0.135 e. The van der Waals surface area contributed by atoms with Gasteiger partial charge in [-0.1, -0.05) is 25.5 Å². The fraction of sp³-hybridized carbons (Fsp3) is 0.727. The molecule has 1 unspecified atom stereocenters. The molecule has 70 valence electrons. The van der Waals surface area contributed by atoms with Crippen LogP contribution in [0.1, 0.15) is 47.5 Å². The summed E-state index contributed by atoms with van der Waals surface area (Å²) in [5, 5.41) is 0. The highest BCUT2D eigenvalue weighted by molar-refractivity contribution is 5.82. The zero-order chi connectivity index (χ0) is 9.78. The molecule has 0 aromatic carbocycles. The van der Waals surface area contributed by atoms with Gasteiger partial charge in [0.25, 0.3) is 0 Å².